The fourth-order valence-electron chi connectivity index (χ4n) is 10.5. The average molecular weight is 1110 g/mol. The fourth-order valence-corrected chi connectivity index (χ4v) is 10.5. The first kappa shape index (κ1) is 76.4. The molecule has 0 aromatic carbocycles. The highest BCUT2D eigenvalue weighted by atomic mass is 16.6. The maximum Gasteiger partial charge on any atom is 0.306 e. The number of carbonyl (C=O) groups excluding carboxylic acids is 3. The number of ether oxygens (including phenoxy) is 3. The molecule has 6 nitrogen and oxygen atoms in total. The highest BCUT2D eigenvalue weighted by Gasteiger charge is 2.19. The summed E-state index contributed by atoms with van der Waals surface area (Å²) < 4.78 is 16.9. The summed E-state index contributed by atoms with van der Waals surface area (Å²) in [5.74, 6) is -0.850. The maximum atomic E-state index is 12.9. The first-order valence-corrected chi connectivity index (χ1v) is 35.1. The normalized spacial score (nSPS) is 12.3. The zero-order valence-corrected chi connectivity index (χ0v) is 53.2. The minimum Gasteiger partial charge on any atom is -0.462 e. The molecule has 0 N–H and O–H groups in total. The monoisotopic (exact) mass is 1110 g/mol. The zero-order chi connectivity index (χ0) is 57.1. The molecule has 0 saturated carbocycles. The van der Waals surface area contributed by atoms with Crippen LogP contribution in [0.2, 0.25) is 0 Å². The van der Waals surface area contributed by atoms with Gasteiger partial charge in [0.15, 0.2) is 6.10 Å². The van der Waals surface area contributed by atoms with Gasteiger partial charge in [-0.05, 0) is 83.5 Å². The SMILES string of the molecule is CCCCCCC/C=C\C/C=C\C/C=C\CCCCCCCCCCCCCCCCCCCCC(=O)OCC(COC(=O)CCCCCCCCCCCCC)OC(=O)CCCCCCCCC/C=C\CCCCCCCC. The zero-order valence-electron chi connectivity index (χ0n) is 53.2. The van der Waals surface area contributed by atoms with E-state index in [1.807, 2.05) is 0 Å². The standard InChI is InChI=1S/C73H134O6/c1-4-7-10-13-16-19-22-24-26-28-29-30-31-32-33-34-35-36-37-38-39-40-41-42-43-45-46-48-51-54-57-60-63-66-72(75)78-69-70(68-77-71(74)65-62-59-56-53-50-21-18-15-12-9-6-3)79-73(76)67-64-61-58-55-52-49-47-44-27-25-23-20-17-14-11-8-5-2/h22,24-25,27-29,31-32,70H,4-21,23,26,30,33-69H2,1-3H3/b24-22-,27-25-,29-28-,32-31-. The summed E-state index contributed by atoms with van der Waals surface area (Å²) in [5, 5.41) is 0. The van der Waals surface area contributed by atoms with Gasteiger partial charge in [0.25, 0.3) is 0 Å². The Hall–Kier alpha value is -2.63. The molecule has 0 bridgehead atoms. The van der Waals surface area contributed by atoms with E-state index in [9.17, 15) is 14.4 Å². The van der Waals surface area contributed by atoms with Gasteiger partial charge in [0.2, 0.25) is 0 Å². The van der Waals surface area contributed by atoms with E-state index in [4.69, 9.17) is 14.2 Å². The van der Waals surface area contributed by atoms with E-state index < -0.39 is 6.10 Å². The Morgan fingerprint density at radius 2 is 0.456 bits per heavy atom. The van der Waals surface area contributed by atoms with Gasteiger partial charge in [-0.3, -0.25) is 14.4 Å². The fraction of sp³-hybridized carbons (Fsp3) is 0.849. The highest BCUT2D eigenvalue weighted by molar-refractivity contribution is 5.71. The maximum absolute atomic E-state index is 12.9. The molecule has 79 heavy (non-hydrogen) atoms. The number of esters is 3. The van der Waals surface area contributed by atoms with Crippen LogP contribution in [0.1, 0.15) is 380 Å². The summed E-state index contributed by atoms with van der Waals surface area (Å²) in [6.45, 7) is 6.67. The van der Waals surface area contributed by atoms with Crippen LogP contribution in [0.15, 0.2) is 48.6 Å². The molecule has 1 unspecified atom stereocenters. The number of unbranched alkanes of at least 4 members (excludes halogenated alkanes) is 46. The molecule has 0 saturated heterocycles. The molecular weight excluding hydrogens is 973 g/mol. The molecule has 0 aromatic rings. The van der Waals surface area contributed by atoms with Gasteiger partial charge < -0.3 is 14.2 Å². The molecule has 0 heterocycles. The van der Waals surface area contributed by atoms with Crippen molar-refractivity contribution >= 4 is 17.9 Å². The summed E-state index contributed by atoms with van der Waals surface area (Å²) in [5.41, 5.74) is 0. The van der Waals surface area contributed by atoms with Gasteiger partial charge in [0.05, 0.1) is 0 Å². The minimum atomic E-state index is -0.772. The van der Waals surface area contributed by atoms with Gasteiger partial charge in [-0.2, -0.15) is 0 Å². The molecule has 0 amide bonds. The molecule has 0 fully saturated rings. The van der Waals surface area contributed by atoms with Crippen molar-refractivity contribution in [2.75, 3.05) is 13.2 Å². The van der Waals surface area contributed by atoms with E-state index in [0.29, 0.717) is 19.3 Å². The lowest BCUT2D eigenvalue weighted by Gasteiger charge is -2.18. The van der Waals surface area contributed by atoms with E-state index in [1.54, 1.807) is 0 Å². The summed E-state index contributed by atoms with van der Waals surface area (Å²) in [4.78, 5) is 38.3. The second kappa shape index (κ2) is 67.9. The molecular formula is C73H134O6. The van der Waals surface area contributed by atoms with E-state index in [2.05, 4.69) is 69.4 Å². The van der Waals surface area contributed by atoms with Crippen molar-refractivity contribution in [1.82, 2.24) is 0 Å². The molecule has 0 aromatic heterocycles. The van der Waals surface area contributed by atoms with Crippen molar-refractivity contribution in [1.29, 1.82) is 0 Å². The van der Waals surface area contributed by atoms with E-state index in [0.717, 1.165) is 70.6 Å². The molecule has 0 aliphatic carbocycles. The summed E-state index contributed by atoms with van der Waals surface area (Å²) in [7, 11) is 0. The van der Waals surface area contributed by atoms with Crippen molar-refractivity contribution < 1.29 is 28.6 Å². The number of hydrogen-bond donors (Lipinski definition) is 0. The molecule has 0 spiro atoms. The number of carbonyl (C=O) groups is 3. The Labute approximate surface area is 492 Å². The van der Waals surface area contributed by atoms with Crippen molar-refractivity contribution in [3.63, 3.8) is 0 Å². The lowest BCUT2D eigenvalue weighted by Crippen LogP contribution is -2.30. The predicted octanol–water partition coefficient (Wildman–Crippen LogP) is 24.1. The summed E-state index contributed by atoms with van der Waals surface area (Å²) in [6.07, 6.45) is 85.8. The van der Waals surface area contributed by atoms with Crippen LogP contribution in [0.4, 0.5) is 0 Å². The van der Waals surface area contributed by atoms with Crippen molar-refractivity contribution in [3.8, 4) is 0 Å². The molecule has 0 aliphatic rings. The number of allylic oxidation sites excluding steroid dienone is 8. The molecule has 1 atom stereocenters. The van der Waals surface area contributed by atoms with Crippen LogP contribution in [-0.4, -0.2) is 37.2 Å². The third kappa shape index (κ3) is 66.1. The first-order chi connectivity index (χ1) is 39.0. The average Bonchev–Trinajstić information content (AvgIpc) is 3.45. The largest absolute Gasteiger partial charge is 0.462 e. The Morgan fingerprint density at radius 3 is 0.722 bits per heavy atom. The smallest absolute Gasteiger partial charge is 0.306 e. The summed E-state index contributed by atoms with van der Waals surface area (Å²) >= 11 is 0. The number of rotatable bonds is 65. The molecule has 6 heteroatoms. The Kier molecular flexibility index (Phi) is 65.6. The van der Waals surface area contributed by atoms with Gasteiger partial charge >= 0.3 is 17.9 Å². The predicted molar refractivity (Wildman–Crippen MR) is 344 cm³/mol. The van der Waals surface area contributed by atoms with Crippen LogP contribution in [0.3, 0.4) is 0 Å². The highest BCUT2D eigenvalue weighted by Crippen LogP contribution is 2.18. The van der Waals surface area contributed by atoms with Crippen LogP contribution >= 0.6 is 0 Å². The van der Waals surface area contributed by atoms with Gasteiger partial charge in [-0.25, -0.2) is 0 Å². The van der Waals surface area contributed by atoms with E-state index in [1.165, 1.54) is 270 Å². The van der Waals surface area contributed by atoms with Crippen molar-refractivity contribution in [2.24, 2.45) is 0 Å². The Bertz CT molecular complexity index is 1360. The van der Waals surface area contributed by atoms with E-state index >= 15 is 0 Å². The van der Waals surface area contributed by atoms with E-state index in [-0.39, 0.29) is 31.1 Å². The lowest BCUT2D eigenvalue weighted by atomic mass is 10.0. The Morgan fingerprint density at radius 1 is 0.253 bits per heavy atom. The quantitative estimate of drug-likeness (QED) is 0.0261. The first-order valence-electron chi connectivity index (χ1n) is 35.1. The van der Waals surface area contributed by atoms with Gasteiger partial charge in [-0.1, -0.05) is 326 Å². The van der Waals surface area contributed by atoms with Crippen LogP contribution in [0.5, 0.6) is 0 Å². The second-order valence-corrected chi connectivity index (χ2v) is 23.8. The van der Waals surface area contributed by atoms with Gasteiger partial charge in [-0.15, -0.1) is 0 Å². The molecule has 0 radical (unpaired) electrons. The third-order valence-corrected chi connectivity index (χ3v) is 15.8. The molecule has 462 valence electrons. The van der Waals surface area contributed by atoms with Crippen LogP contribution < -0.4 is 0 Å². The summed E-state index contributed by atoms with van der Waals surface area (Å²) in [6, 6.07) is 0. The van der Waals surface area contributed by atoms with Crippen LogP contribution in [-0.2, 0) is 28.6 Å². The second-order valence-electron chi connectivity index (χ2n) is 23.8. The lowest BCUT2D eigenvalue weighted by molar-refractivity contribution is -0.167. The van der Waals surface area contributed by atoms with Crippen LogP contribution in [0.25, 0.3) is 0 Å². The minimum absolute atomic E-state index is 0.0692. The third-order valence-electron chi connectivity index (χ3n) is 15.8. The topological polar surface area (TPSA) is 78.9 Å². The van der Waals surface area contributed by atoms with Crippen molar-refractivity contribution in [2.45, 2.75) is 386 Å². The molecule has 0 aliphatic heterocycles. The van der Waals surface area contributed by atoms with Gasteiger partial charge in [0, 0.05) is 19.3 Å². The molecule has 0 rings (SSSR count). The van der Waals surface area contributed by atoms with Crippen LogP contribution in [0, 0.1) is 0 Å². The van der Waals surface area contributed by atoms with Gasteiger partial charge in [0.1, 0.15) is 13.2 Å². The van der Waals surface area contributed by atoms with Crippen molar-refractivity contribution in [3.05, 3.63) is 48.6 Å². The Balaban J connectivity index is 4.09. The number of hydrogen-bond acceptors (Lipinski definition) is 6.